The van der Waals surface area contributed by atoms with Gasteiger partial charge in [-0.3, -0.25) is 4.99 Å². The van der Waals surface area contributed by atoms with E-state index in [1.807, 2.05) is 54.7 Å². The minimum atomic E-state index is -0.556. The van der Waals surface area contributed by atoms with E-state index < -0.39 is 17.0 Å². The molecule has 0 aromatic heterocycles. The van der Waals surface area contributed by atoms with Crippen LogP contribution in [-0.2, 0) is 17.0 Å². The van der Waals surface area contributed by atoms with E-state index in [1.54, 1.807) is 0 Å². The number of benzene rings is 2. The second kappa shape index (κ2) is 10.9. The summed E-state index contributed by atoms with van der Waals surface area (Å²) in [5.41, 5.74) is 2.70. The average molecular weight is 398 g/mol. The van der Waals surface area contributed by atoms with Crippen molar-refractivity contribution in [1.29, 1.82) is 0 Å². The van der Waals surface area contributed by atoms with Crippen LogP contribution in [0, 0.1) is 0 Å². The van der Waals surface area contributed by atoms with Crippen molar-refractivity contribution in [3.05, 3.63) is 54.1 Å². The molecule has 1 aliphatic rings. The molecule has 5 heteroatoms. The summed E-state index contributed by atoms with van der Waals surface area (Å²) in [4.78, 5) is 4.66. The molecule has 3 rings (SSSR count). The molecule has 1 fully saturated rings. The Hall–Kier alpha value is -0.796. The second-order valence-corrected chi connectivity index (χ2v) is 8.33. The third-order valence-electron chi connectivity index (χ3n) is 4.15. The summed E-state index contributed by atoms with van der Waals surface area (Å²) < 4.78 is 0. The Balaban J connectivity index is 0.000000647. The molecular weight excluding hydrogens is 377 g/mol. The summed E-state index contributed by atoms with van der Waals surface area (Å²) in [6, 6.07) is 16.2. The molecule has 0 aliphatic heterocycles. The van der Waals surface area contributed by atoms with Gasteiger partial charge in [0.2, 0.25) is 0 Å². The third-order valence-corrected chi connectivity index (χ3v) is 4.15. The fraction of sp³-hybridized carbons (Fsp3) is 0.316. The van der Waals surface area contributed by atoms with Crippen LogP contribution in [0.1, 0.15) is 37.7 Å². The molecule has 0 spiro atoms. The molecular formula is C19H21Cl2NOTi. The number of phenolic OH excluding ortho intramolecular Hbond substituents is 1. The number of para-hydroxylation sites is 1. The molecule has 0 unspecified atom stereocenters. The Morgan fingerprint density at radius 1 is 0.958 bits per heavy atom. The molecule has 1 saturated carbocycles. The van der Waals surface area contributed by atoms with Crippen molar-refractivity contribution in [3.8, 4) is 16.9 Å². The number of aliphatic imine (C=N–C) groups is 1. The molecule has 126 valence electrons. The minimum absolute atomic E-state index is 0.322. The zero-order valence-corrected chi connectivity index (χ0v) is 16.5. The predicted octanol–water partition coefficient (Wildman–Crippen LogP) is 6.19. The van der Waals surface area contributed by atoms with Crippen molar-refractivity contribution in [2.24, 2.45) is 4.99 Å². The first-order valence-electron chi connectivity index (χ1n) is 8.13. The first-order chi connectivity index (χ1) is 11.8. The zero-order valence-electron chi connectivity index (χ0n) is 13.5. The summed E-state index contributed by atoms with van der Waals surface area (Å²) in [5.74, 6) is 0.322. The Labute approximate surface area is 160 Å². The van der Waals surface area contributed by atoms with Gasteiger partial charge in [-0.15, -0.1) is 0 Å². The first kappa shape index (κ1) is 19.5. The Kier molecular flexibility index (Phi) is 8.90. The van der Waals surface area contributed by atoms with E-state index in [4.69, 9.17) is 18.6 Å². The van der Waals surface area contributed by atoms with Gasteiger partial charge in [-0.25, -0.2) is 0 Å². The van der Waals surface area contributed by atoms with Gasteiger partial charge in [-0.1, -0.05) is 61.7 Å². The van der Waals surface area contributed by atoms with Crippen LogP contribution in [0.5, 0.6) is 5.75 Å². The molecule has 0 saturated heterocycles. The van der Waals surface area contributed by atoms with Crippen molar-refractivity contribution in [2.45, 2.75) is 38.1 Å². The number of hydrogen-bond donors (Lipinski definition) is 1. The molecule has 1 aliphatic carbocycles. The summed E-state index contributed by atoms with van der Waals surface area (Å²) in [5, 5.41) is 10.5. The molecule has 2 aromatic rings. The van der Waals surface area contributed by atoms with Crippen LogP contribution < -0.4 is 0 Å². The fourth-order valence-corrected chi connectivity index (χ4v) is 2.93. The third kappa shape index (κ3) is 5.93. The van der Waals surface area contributed by atoms with Crippen LogP contribution >= 0.6 is 18.6 Å². The summed E-state index contributed by atoms with van der Waals surface area (Å²) in [7, 11) is 9.78. The van der Waals surface area contributed by atoms with Gasteiger partial charge in [0.05, 0.1) is 0 Å². The van der Waals surface area contributed by atoms with Crippen molar-refractivity contribution in [3.63, 3.8) is 0 Å². The Bertz CT molecular complexity index is 643. The van der Waals surface area contributed by atoms with E-state index in [9.17, 15) is 5.11 Å². The normalized spacial score (nSPS) is 14.9. The van der Waals surface area contributed by atoms with Crippen molar-refractivity contribution >= 4 is 24.8 Å². The summed E-state index contributed by atoms with van der Waals surface area (Å²) in [6.07, 6.45) is 8.08. The van der Waals surface area contributed by atoms with Gasteiger partial charge in [0.1, 0.15) is 5.75 Å². The number of nitrogens with zero attached hydrogens (tertiary/aromatic N) is 1. The van der Waals surface area contributed by atoms with Crippen LogP contribution in [0.15, 0.2) is 53.5 Å². The Morgan fingerprint density at radius 3 is 2.29 bits per heavy atom. The van der Waals surface area contributed by atoms with E-state index in [0.717, 1.165) is 16.7 Å². The van der Waals surface area contributed by atoms with E-state index in [2.05, 4.69) is 4.99 Å². The average Bonchev–Trinajstić information content (AvgIpc) is 2.63. The summed E-state index contributed by atoms with van der Waals surface area (Å²) >= 11 is -0.556. The number of hydrogen-bond acceptors (Lipinski definition) is 2. The molecule has 0 bridgehead atoms. The van der Waals surface area contributed by atoms with Crippen molar-refractivity contribution < 1.29 is 22.1 Å². The second-order valence-electron chi connectivity index (χ2n) is 5.75. The number of halogens is 2. The molecule has 0 amide bonds. The van der Waals surface area contributed by atoms with Crippen LogP contribution in [0.25, 0.3) is 11.1 Å². The molecule has 24 heavy (non-hydrogen) atoms. The van der Waals surface area contributed by atoms with E-state index in [1.165, 1.54) is 32.1 Å². The standard InChI is InChI=1S/C19H21NO.2ClH.Ti/c21-19-16(14-20-17-11-5-2-6-12-17)10-7-13-18(19)15-8-3-1-4-9-15;;;/h1,3-4,7-10,13-14,17,21H,2,5-6,11-12H2;2*1H;/q;;;+2/p-2. The Morgan fingerprint density at radius 2 is 1.62 bits per heavy atom. The first-order valence-corrected chi connectivity index (χ1v) is 12.4. The quantitative estimate of drug-likeness (QED) is 0.486. The molecule has 0 radical (unpaired) electrons. The molecule has 2 nitrogen and oxygen atoms in total. The fourth-order valence-electron chi connectivity index (χ4n) is 2.93. The van der Waals surface area contributed by atoms with E-state index in [-0.39, 0.29) is 0 Å². The number of phenols is 1. The monoisotopic (exact) mass is 397 g/mol. The number of aromatic hydroxyl groups is 1. The van der Waals surface area contributed by atoms with E-state index >= 15 is 0 Å². The number of rotatable bonds is 3. The van der Waals surface area contributed by atoms with Gasteiger partial charge in [0.25, 0.3) is 0 Å². The zero-order chi connectivity index (χ0) is 17.2. The predicted molar refractivity (Wildman–Crippen MR) is 99.7 cm³/mol. The molecule has 0 heterocycles. The van der Waals surface area contributed by atoms with Crippen LogP contribution in [0.3, 0.4) is 0 Å². The van der Waals surface area contributed by atoms with Crippen molar-refractivity contribution in [1.82, 2.24) is 0 Å². The van der Waals surface area contributed by atoms with Gasteiger partial charge in [0.15, 0.2) is 0 Å². The van der Waals surface area contributed by atoms with Gasteiger partial charge in [-0.05, 0) is 24.5 Å². The molecule has 2 aromatic carbocycles. The van der Waals surface area contributed by atoms with E-state index in [0.29, 0.717) is 11.8 Å². The van der Waals surface area contributed by atoms with Gasteiger partial charge < -0.3 is 5.11 Å². The maximum atomic E-state index is 10.5. The van der Waals surface area contributed by atoms with Crippen LogP contribution in [0.4, 0.5) is 0 Å². The van der Waals surface area contributed by atoms with Crippen LogP contribution in [0.2, 0.25) is 0 Å². The van der Waals surface area contributed by atoms with Crippen molar-refractivity contribution in [2.75, 3.05) is 0 Å². The van der Waals surface area contributed by atoms with Gasteiger partial charge >= 0.3 is 35.6 Å². The van der Waals surface area contributed by atoms with Crippen LogP contribution in [-0.4, -0.2) is 17.4 Å². The SMILES string of the molecule is Oc1c(C=NC2CCCCC2)cccc1-c1ccccc1.[Cl][Ti][Cl]. The maximum absolute atomic E-state index is 10.5. The molecule has 1 N–H and O–H groups in total. The molecule has 0 atom stereocenters. The van der Waals surface area contributed by atoms with Gasteiger partial charge in [-0.2, -0.15) is 0 Å². The van der Waals surface area contributed by atoms with Gasteiger partial charge in [0, 0.05) is 23.4 Å². The summed E-state index contributed by atoms with van der Waals surface area (Å²) in [6.45, 7) is 0. The topological polar surface area (TPSA) is 32.6 Å².